The zero-order valence-corrected chi connectivity index (χ0v) is 13.8. The van der Waals surface area contributed by atoms with Gasteiger partial charge in [0.15, 0.2) is 0 Å². The molecular formula is C15H14N4OS2. The lowest BCUT2D eigenvalue weighted by molar-refractivity contribution is -0.112. The van der Waals surface area contributed by atoms with Gasteiger partial charge in [0.1, 0.15) is 11.6 Å². The lowest BCUT2D eigenvalue weighted by Gasteiger charge is -2.00. The van der Waals surface area contributed by atoms with E-state index in [2.05, 4.69) is 14.7 Å². The standard InChI is InChI=1S/C15H14N4OS2/c1-3-21-15-18-14(22-19-15)17-13(20)12(9-16)8-11-6-4-10(2)5-7-11/h4-8H,3H2,1-2H3,(H,17,18,19,20)/b12-8-. The van der Waals surface area contributed by atoms with Crippen LogP contribution in [0, 0.1) is 18.3 Å². The molecule has 0 fully saturated rings. The summed E-state index contributed by atoms with van der Waals surface area (Å²) in [6.07, 6.45) is 1.55. The number of rotatable bonds is 5. The van der Waals surface area contributed by atoms with Crippen LogP contribution in [0.1, 0.15) is 18.1 Å². The number of hydrogen-bond acceptors (Lipinski definition) is 6. The highest BCUT2D eigenvalue weighted by Crippen LogP contribution is 2.20. The van der Waals surface area contributed by atoms with Crippen LogP contribution >= 0.6 is 23.3 Å². The maximum atomic E-state index is 12.1. The Morgan fingerprint density at radius 3 is 2.82 bits per heavy atom. The van der Waals surface area contributed by atoms with Crippen molar-refractivity contribution < 1.29 is 4.79 Å². The zero-order chi connectivity index (χ0) is 15.9. The summed E-state index contributed by atoms with van der Waals surface area (Å²) in [6.45, 7) is 3.98. The first-order chi connectivity index (χ1) is 10.6. The molecule has 0 saturated carbocycles. The average Bonchev–Trinajstić information content (AvgIpc) is 2.94. The molecule has 1 heterocycles. The highest BCUT2D eigenvalue weighted by Gasteiger charge is 2.12. The van der Waals surface area contributed by atoms with Crippen LogP contribution in [0.2, 0.25) is 0 Å². The molecule has 1 aromatic carbocycles. The number of nitrogens with one attached hydrogen (secondary N) is 1. The molecular weight excluding hydrogens is 316 g/mol. The largest absolute Gasteiger partial charge is 0.296 e. The summed E-state index contributed by atoms with van der Waals surface area (Å²) in [5.74, 6) is 0.383. The first-order valence-corrected chi connectivity index (χ1v) is 8.34. The fourth-order valence-electron chi connectivity index (χ4n) is 1.59. The van der Waals surface area contributed by atoms with Crippen molar-refractivity contribution in [1.29, 1.82) is 5.26 Å². The van der Waals surface area contributed by atoms with Gasteiger partial charge in [0.05, 0.1) is 0 Å². The first kappa shape index (κ1) is 16.2. The number of nitrogens with zero attached hydrogens (tertiary/aromatic N) is 3. The number of nitriles is 1. The van der Waals surface area contributed by atoms with E-state index in [0.717, 1.165) is 28.4 Å². The molecule has 112 valence electrons. The van der Waals surface area contributed by atoms with Gasteiger partial charge in [-0.25, -0.2) is 0 Å². The minimum atomic E-state index is -0.479. The molecule has 2 rings (SSSR count). The summed E-state index contributed by atoms with van der Waals surface area (Å²) >= 11 is 2.60. The van der Waals surface area contributed by atoms with Crippen molar-refractivity contribution in [2.75, 3.05) is 11.1 Å². The van der Waals surface area contributed by atoms with Crippen molar-refractivity contribution in [3.63, 3.8) is 0 Å². The number of thioether (sulfide) groups is 1. The number of carbonyl (C=O) groups excluding carboxylic acids is 1. The number of amides is 1. The number of aromatic nitrogens is 2. The second-order valence-corrected chi connectivity index (χ2v) is 6.33. The van der Waals surface area contributed by atoms with E-state index in [4.69, 9.17) is 5.26 Å². The van der Waals surface area contributed by atoms with Crippen LogP contribution in [0.15, 0.2) is 35.0 Å². The monoisotopic (exact) mass is 330 g/mol. The van der Waals surface area contributed by atoms with Gasteiger partial charge in [0.25, 0.3) is 5.91 Å². The fourth-order valence-corrected chi connectivity index (χ4v) is 2.86. The maximum Gasteiger partial charge on any atom is 0.268 e. The van der Waals surface area contributed by atoms with Crippen LogP contribution in [0.5, 0.6) is 0 Å². The van der Waals surface area contributed by atoms with Gasteiger partial charge >= 0.3 is 0 Å². The highest BCUT2D eigenvalue weighted by molar-refractivity contribution is 7.99. The average molecular weight is 330 g/mol. The lowest BCUT2D eigenvalue weighted by atomic mass is 10.1. The van der Waals surface area contributed by atoms with E-state index in [1.54, 1.807) is 6.08 Å². The van der Waals surface area contributed by atoms with Gasteiger partial charge in [-0.3, -0.25) is 10.1 Å². The van der Waals surface area contributed by atoms with Gasteiger partial charge in [0, 0.05) is 11.5 Å². The summed E-state index contributed by atoms with van der Waals surface area (Å²) in [7, 11) is 0. The fraction of sp³-hybridized carbons (Fsp3) is 0.200. The zero-order valence-electron chi connectivity index (χ0n) is 12.2. The summed E-state index contributed by atoms with van der Waals surface area (Å²) < 4.78 is 4.11. The Labute approximate surface area is 137 Å². The minimum Gasteiger partial charge on any atom is -0.296 e. The van der Waals surface area contributed by atoms with E-state index >= 15 is 0 Å². The number of carbonyl (C=O) groups is 1. The van der Waals surface area contributed by atoms with E-state index in [0.29, 0.717) is 10.3 Å². The van der Waals surface area contributed by atoms with E-state index < -0.39 is 5.91 Å². The summed E-state index contributed by atoms with van der Waals surface area (Å²) in [4.78, 5) is 16.3. The third-order valence-corrected chi connectivity index (χ3v) is 4.13. The van der Waals surface area contributed by atoms with E-state index in [1.165, 1.54) is 11.8 Å². The highest BCUT2D eigenvalue weighted by atomic mass is 32.2. The molecule has 1 N–H and O–H groups in total. The van der Waals surface area contributed by atoms with Crippen LogP contribution in [-0.4, -0.2) is 21.0 Å². The van der Waals surface area contributed by atoms with Crippen molar-refractivity contribution in [3.8, 4) is 6.07 Å². The predicted octanol–water partition coefficient (Wildman–Crippen LogP) is 3.50. The number of aryl methyl sites for hydroxylation is 1. The van der Waals surface area contributed by atoms with Gasteiger partial charge < -0.3 is 0 Å². The molecule has 0 aliphatic rings. The van der Waals surface area contributed by atoms with Crippen LogP contribution in [0.3, 0.4) is 0 Å². The van der Waals surface area contributed by atoms with E-state index in [9.17, 15) is 4.79 Å². The molecule has 0 atom stereocenters. The summed E-state index contributed by atoms with van der Waals surface area (Å²) in [5.41, 5.74) is 1.95. The summed E-state index contributed by atoms with van der Waals surface area (Å²) in [5, 5.41) is 12.8. The lowest BCUT2D eigenvalue weighted by Crippen LogP contribution is -2.13. The Balaban J connectivity index is 2.11. The Bertz CT molecular complexity index is 729. The second kappa shape index (κ2) is 7.73. The van der Waals surface area contributed by atoms with Gasteiger partial charge in [-0.05, 0) is 24.3 Å². The van der Waals surface area contributed by atoms with Crippen molar-refractivity contribution in [2.24, 2.45) is 0 Å². The van der Waals surface area contributed by atoms with Gasteiger partial charge in [-0.1, -0.05) is 48.5 Å². The Kier molecular flexibility index (Phi) is 5.69. The number of benzene rings is 1. The Morgan fingerprint density at radius 1 is 1.45 bits per heavy atom. The molecule has 7 heteroatoms. The SMILES string of the molecule is CCSc1nsc(NC(=O)/C(C#N)=C\c2ccc(C)cc2)n1. The third kappa shape index (κ3) is 4.41. The molecule has 0 radical (unpaired) electrons. The molecule has 22 heavy (non-hydrogen) atoms. The topological polar surface area (TPSA) is 78.7 Å². The molecule has 0 aliphatic heterocycles. The minimum absolute atomic E-state index is 0.0312. The van der Waals surface area contributed by atoms with Crippen LogP contribution < -0.4 is 5.32 Å². The smallest absolute Gasteiger partial charge is 0.268 e. The first-order valence-electron chi connectivity index (χ1n) is 6.58. The van der Waals surface area contributed by atoms with Gasteiger partial charge in [-0.2, -0.15) is 14.6 Å². The molecule has 1 aromatic heterocycles. The van der Waals surface area contributed by atoms with Crippen molar-refractivity contribution in [3.05, 3.63) is 41.0 Å². The van der Waals surface area contributed by atoms with Gasteiger partial charge in [0.2, 0.25) is 10.3 Å². The molecule has 0 spiro atoms. The maximum absolute atomic E-state index is 12.1. The normalized spacial score (nSPS) is 11.0. The molecule has 0 saturated heterocycles. The van der Waals surface area contributed by atoms with E-state index in [-0.39, 0.29) is 5.57 Å². The Morgan fingerprint density at radius 2 is 2.18 bits per heavy atom. The molecule has 5 nitrogen and oxygen atoms in total. The van der Waals surface area contributed by atoms with Gasteiger partial charge in [-0.15, -0.1) is 0 Å². The number of hydrogen-bond donors (Lipinski definition) is 1. The van der Waals surface area contributed by atoms with Crippen LogP contribution in [0.25, 0.3) is 6.08 Å². The Hall–Kier alpha value is -2.17. The van der Waals surface area contributed by atoms with Crippen LogP contribution in [0.4, 0.5) is 5.13 Å². The number of anilines is 1. The molecule has 0 unspecified atom stereocenters. The molecule has 1 amide bonds. The van der Waals surface area contributed by atoms with Crippen molar-refractivity contribution in [1.82, 2.24) is 9.36 Å². The molecule has 0 aliphatic carbocycles. The molecule has 2 aromatic rings. The van der Waals surface area contributed by atoms with Crippen molar-refractivity contribution in [2.45, 2.75) is 19.0 Å². The summed E-state index contributed by atoms with van der Waals surface area (Å²) in [6, 6.07) is 9.50. The quantitative estimate of drug-likeness (QED) is 0.515. The molecule has 0 bridgehead atoms. The van der Waals surface area contributed by atoms with Crippen molar-refractivity contribution >= 4 is 40.4 Å². The second-order valence-electron chi connectivity index (χ2n) is 4.35. The third-order valence-electron chi connectivity index (χ3n) is 2.65. The van der Waals surface area contributed by atoms with Crippen LogP contribution in [-0.2, 0) is 4.79 Å². The predicted molar refractivity (Wildman–Crippen MR) is 89.7 cm³/mol. The van der Waals surface area contributed by atoms with E-state index in [1.807, 2.05) is 44.2 Å².